The van der Waals surface area contributed by atoms with Crippen LogP contribution < -0.4 is 10.6 Å². The predicted octanol–water partition coefficient (Wildman–Crippen LogP) is 0.644. The summed E-state index contributed by atoms with van der Waals surface area (Å²) in [5, 5.41) is 11.4. The van der Waals surface area contributed by atoms with Crippen LogP contribution in [0.15, 0.2) is 6.07 Å². The molecule has 0 aliphatic heterocycles. The van der Waals surface area contributed by atoms with Crippen LogP contribution in [0.4, 0.5) is 0 Å². The highest BCUT2D eigenvalue weighted by Gasteiger charge is 2.02. The molecule has 0 unspecified atom stereocenters. The zero-order valence-corrected chi connectivity index (χ0v) is 12.5. The molecule has 5 nitrogen and oxygen atoms in total. The Bertz CT molecular complexity index is 386. The van der Waals surface area contributed by atoms with E-state index in [1.165, 1.54) is 0 Å². The van der Waals surface area contributed by atoms with Gasteiger partial charge in [-0.3, -0.25) is 4.68 Å². The zero-order valence-electron chi connectivity index (χ0n) is 11.7. The number of thiocarbonyl (C=S) groups is 1. The highest BCUT2D eigenvalue weighted by molar-refractivity contribution is 7.80. The van der Waals surface area contributed by atoms with E-state index in [0.717, 1.165) is 30.9 Å². The Kier molecular flexibility index (Phi) is 6.07. The SMILES string of the molecule is Cc1cc(CNC(=S)NCCCN(C)C)n(C)n1. The highest BCUT2D eigenvalue weighted by Crippen LogP contribution is 2.00. The molecule has 0 saturated carbocycles. The van der Waals surface area contributed by atoms with Crippen molar-refractivity contribution in [1.82, 2.24) is 25.3 Å². The minimum absolute atomic E-state index is 0.701. The van der Waals surface area contributed by atoms with Gasteiger partial charge >= 0.3 is 0 Å². The van der Waals surface area contributed by atoms with Crippen molar-refractivity contribution in [2.24, 2.45) is 7.05 Å². The number of aryl methyl sites for hydroxylation is 2. The molecule has 0 spiro atoms. The molecular weight excluding hydrogens is 246 g/mol. The number of hydrogen-bond donors (Lipinski definition) is 2. The fourth-order valence-corrected chi connectivity index (χ4v) is 1.83. The molecule has 0 radical (unpaired) electrons. The summed E-state index contributed by atoms with van der Waals surface area (Å²) in [4.78, 5) is 2.16. The summed E-state index contributed by atoms with van der Waals surface area (Å²) in [6.07, 6.45) is 1.08. The molecule has 6 heteroatoms. The standard InChI is InChI=1S/C12H23N5S/c1-10-8-11(17(4)15-10)9-14-12(18)13-6-5-7-16(2)3/h8H,5-7,9H2,1-4H3,(H2,13,14,18). The summed E-state index contributed by atoms with van der Waals surface area (Å²) < 4.78 is 1.87. The molecule has 0 saturated heterocycles. The normalized spacial score (nSPS) is 10.7. The summed E-state index contributed by atoms with van der Waals surface area (Å²) >= 11 is 5.22. The minimum atomic E-state index is 0.701. The summed E-state index contributed by atoms with van der Waals surface area (Å²) in [6, 6.07) is 2.06. The van der Waals surface area contributed by atoms with Crippen LogP contribution in [-0.2, 0) is 13.6 Å². The van der Waals surface area contributed by atoms with Gasteiger partial charge in [0.2, 0.25) is 0 Å². The van der Waals surface area contributed by atoms with Crippen molar-refractivity contribution in [1.29, 1.82) is 0 Å². The molecule has 2 N–H and O–H groups in total. The van der Waals surface area contributed by atoms with Crippen molar-refractivity contribution in [3.05, 3.63) is 17.5 Å². The predicted molar refractivity (Wildman–Crippen MR) is 78.6 cm³/mol. The second-order valence-electron chi connectivity index (χ2n) is 4.67. The van der Waals surface area contributed by atoms with Crippen LogP contribution in [-0.4, -0.2) is 47.0 Å². The Morgan fingerprint density at radius 3 is 2.72 bits per heavy atom. The van der Waals surface area contributed by atoms with Crippen LogP contribution in [0.3, 0.4) is 0 Å². The van der Waals surface area contributed by atoms with Crippen LogP contribution in [0.5, 0.6) is 0 Å². The van der Waals surface area contributed by atoms with Gasteiger partial charge in [0.1, 0.15) is 0 Å². The summed E-state index contributed by atoms with van der Waals surface area (Å²) in [5.74, 6) is 0. The molecule has 1 aromatic heterocycles. The molecule has 0 amide bonds. The van der Waals surface area contributed by atoms with Crippen LogP contribution in [0.2, 0.25) is 0 Å². The molecule has 0 bridgehead atoms. The molecule has 0 fully saturated rings. The van der Waals surface area contributed by atoms with Gasteiger partial charge in [0.25, 0.3) is 0 Å². The molecule has 0 aliphatic rings. The molecule has 0 aliphatic carbocycles. The van der Waals surface area contributed by atoms with E-state index in [4.69, 9.17) is 12.2 Å². The van der Waals surface area contributed by atoms with E-state index in [2.05, 4.69) is 40.8 Å². The fourth-order valence-electron chi connectivity index (χ4n) is 1.66. The number of nitrogens with one attached hydrogen (secondary N) is 2. The Hall–Kier alpha value is -1.14. The Balaban J connectivity index is 2.19. The maximum Gasteiger partial charge on any atom is 0.166 e. The van der Waals surface area contributed by atoms with Gasteiger partial charge in [-0.2, -0.15) is 5.10 Å². The van der Waals surface area contributed by atoms with E-state index in [9.17, 15) is 0 Å². The van der Waals surface area contributed by atoms with Crippen molar-refractivity contribution >= 4 is 17.3 Å². The third-order valence-electron chi connectivity index (χ3n) is 2.60. The molecule has 102 valence electrons. The lowest BCUT2D eigenvalue weighted by Gasteiger charge is -2.12. The quantitative estimate of drug-likeness (QED) is 0.586. The second-order valence-corrected chi connectivity index (χ2v) is 5.08. The first-order valence-electron chi connectivity index (χ1n) is 6.15. The third-order valence-corrected chi connectivity index (χ3v) is 2.89. The molecule has 18 heavy (non-hydrogen) atoms. The minimum Gasteiger partial charge on any atom is -0.363 e. The third kappa shape index (κ3) is 5.46. The van der Waals surface area contributed by atoms with E-state index in [1.54, 1.807) is 0 Å². The maximum atomic E-state index is 5.22. The number of rotatable bonds is 6. The largest absolute Gasteiger partial charge is 0.363 e. The first-order chi connectivity index (χ1) is 8.49. The summed E-state index contributed by atoms with van der Waals surface area (Å²) in [7, 11) is 6.08. The van der Waals surface area contributed by atoms with E-state index in [1.807, 2.05) is 18.7 Å². The zero-order chi connectivity index (χ0) is 13.5. The van der Waals surface area contributed by atoms with Gasteiger partial charge in [0, 0.05) is 13.6 Å². The van der Waals surface area contributed by atoms with Gasteiger partial charge in [-0.05, 0) is 52.3 Å². The first kappa shape index (κ1) is 14.9. The Labute approximate surface area is 115 Å². The molecular formula is C12H23N5S. The van der Waals surface area contributed by atoms with E-state index in [0.29, 0.717) is 11.7 Å². The van der Waals surface area contributed by atoms with Gasteiger partial charge in [-0.25, -0.2) is 0 Å². The van der Waals surface area contributed by atoms with Gasteiger partial charge in [-0.1, -0.05) is 0 Å². The maximum absolute atomic E-state index is 5.22. The van der Waals surface area contributed by atoms with Crippen LogP contribution >= 0.6 is 12.2 Å². The van der Waals surface area contributed by atoms with Crippen molar-refractivity contribution in [3.8, 4) is 0 Å². The average molecular weight is 269 g/mol. The molecule has 1 rings (SSSR count). The van der Waals surface area contributed by atoms with E-state index in [-0.39, 0.29) is 0 Å². The molecule has 0 aromatic carbocycles. The smallest absolute Gasteiger partial charge is 0.166 e. The van der Waals surface area contributed by atoms with Crippen molar-refractivity contribution in [3.63, 3.8) is 0 Å². The second kappa shape index (κ2) is 7.33. The average Bonchev–Trinajstić information content (AvgIpc) is 2.60. The lowest BCUT2D eigenvalue weighted by atomic mass is 10.3. The Morgan fingerprint density at radius 2 is 2.17 bits per heavy atom. The monoisotopic (exact) mass is 269 g/mol. The highest BCUT2D eigenvalue weighted by atomic mass is 32.1. The molecule has 1 heterocycles. The van der Waals surface area contributed by atoms with Crippen LogP contribution in [0.1, 0.15) is 17.8 Å². The Morgan fingerprint density at radius 1 is 1.44 bits per heavy atom. The van der Waals surface area contributed by atoms with Crippen molar-refractivity contribution in [2.45, 2.75) is 19.9 Å². The van der Waals surface area contributed by atoms with E-state index < -0.39 is 0 Å². The number of aromatic nitrogens is 2. The number of nitrogens with zero attached hydrogens (tertiary/aromatic N) is 3. The van der Waals surface area contributed by atoms with Crippen LogP contribution in [0.25, 0.3) is 0 Å². The molecule has 1 aromatic rings. The van der Waals surface area contributed by atoms with Gasteiger partial charge < -0.3 is 15.5 Å². The summed E-state index contributed by atoms with van der Waals surface area (Å²) in [6.45, 7) is 4.66. The van der Waals surface area contributed by atoms with Crippen LogP contribution in [0, 0.1) is 6.92 Å². The lowest BCUT2D eigenvalue weighted by molar-refractivity contribution is 0.400. The number of hydrogen-bond acceptors (Lipinski definition) is 3. The topological polar surface area (TPSA) is 45.1 Å². The van der Waals surface area contributed by atoms with Gasteiger partial charge in [0.15, 0.2) is 5.11 Å². The van der Waals surface area contributed by atoms with Crippen molar-refractivity contribution < 1.29 is 0 Å². The summed E-state index contributed by atoms with van der Waals surface area (Å²) in [5.41, 5.74) is 2.16. The lowest BCUT2D eigenvalue weighted by Crippen LogP contribution is -2.36. The van der Waals surface area contributed by atoms with Gasteiger partial charge in [0.05, 0.1) is 17.9 Å². The molecule has 0 atom stereocenters. The fraction of sp³-hybridized carbons (Fsp3) is 0.667. The first-order valence-corrected chi connectivity index (χ1v) is 6.56. The van der Waals surface area contributed by atoms with Gasteiger partial charge in [-0.15, -0.1) is 0 Å². The van der Waals surface area contributed by atoms with Crippen molar-refractivity contribution in [2.75, 3.05) is 27.2 Å². The van der Waals surface area contributed by atoms with E-state index >= 15 is 0 Å².